The highest BCUT2D eigenvalue weighted by atomic mass is 16.5. The second-order valence-corrected chi connectivity index (χ2v) is 6.85. The molecule has 1 N–H and O–H groups in total. The van der Waals surface area contributed by atoms with Gasteiger partial charge in [0.25, 0.3) is 5.56 Å². The molecule has 0 spiro atoms. The summed E-state index contributed by atoms with van der Waals surface area (Å²) in [5.74, 6) is 1.35. The first kappa shape index (κ1) is 19.4. The number of anilines is 1. The van der Waals surface area contributed by atoms with Gasteiger partial charge in [0.05, 0.1) is 17.2 Å². The number of rotatable bonds is 7. The molecular weight excluding hydrogens is 378 g/mol. The first-order valence-electron chi connectivity index (χ1n) is 9.76. The molecule has 0 aliphatic heterocycles. The summed E-state index contributed by atoms with van der Waals surface area (Å²) < 4.78 is 7.29. The molecule has 0 saturated carbocycles. The quantitative estimate of drug-likeness (QED) is 0.493. The first-order valence-corrected chi connectivity index (χ1v) is 9.76. The zero-order valence-electron chi connectivity index (χ0n) is 16.3. The Labute approximate surface area is 173 Å². The van der Waals surface area contributed by atoms with Crippen LogP contribution < -0.4 is 15.6 Å². The van der Waals surface area contributed by atoms with Crippen LogP contribution in [0.15, 0.2) is 90.0 Å². The van der Waals surface area contributed by atoms with E-state index < -0.39 is 0 Å². The van der Waals surface area contributed by atoms with Crippen molar-refractivity contribution in [3.05, 3.63) is 95.5 Å². The lowest BCUT2D eigenvalue weighted by atomic mass is 10.2. The molecule has 6 heteroatoms. The number of para-hydroxylation sites is 2. The zero-order valence-corrected chi connectivity index (χ0v) is 16.3. The number of nitrogens with zero attached hydrogens (tertiary/aromatic N) is 2. The Hall–Kier alpha value is -3.93. The van der Waals surface area contributed by atoms with Crippen molar-refractivity contribution in [2.45, 2.75) is 19.4 Å². The van der Waals surface area contributed by atoms with Gasteiger partial charge in [-0.25, -0.2) is 4.98 Å². The van der Waals surface area contributed by atoms with E-state index in [4.69, 9.17) is 4.74 Å². The highest BCUT2D eigenvalue weighted by Gasteiger charge is 2.06. The lowest BCUT2D eigenvalue weighted by molar-refractivity contribution is -0.116. The van der Waals surface area contributed by atoms with Crippen molar-refractivity contribution < 1.29 is 9.53 Å². The van der Waals surface area contributed by atoms with Crippen LogP contribution in [-0.4, -0.2) is 15.5 Å². The summed E-state index contributed by atoms with van der Waals surface area (Å²) in [6, 6.07) is 24.0. The molecule has 4 aromatic rings. The van der Waals surface area contributed by atoms with Crippen molar-refractivity contribution in [1.82, 2.24) is 9.55 Å². The second-order valence-electron chi connectivity index (χ2n) is 6.85. The van der Waals surface area contributed by atoms with Gasteiger partial charge in [-0.3, -0.25) is 14.2 Å². The maximum absolute atomic E-state index is 12.5. The largest absolute Gasteiger partial charge is 0.457 e. The monoisotopic (exact) mass is 399 g/mol. The van der Waals surface area contributed by atoms with Gasteiger partial charge in [-0.2, -0.15) is 0 Å². The van der Waals surface area contributed by atoms with Gasteiger partial charge in [0, 0.05) is 18.7 Å². The van der Waals surface area contributed by atoms with Crippen LogP contribution in [0, 0.1) is 0 Å². The van der Waals surface area contributed by atoms with Crippen LogP contribution in [0.4, 0.5) is 5.69 Å². The molecular formula is C24H21N3O3. The van der Waals surface area contributed by atoms with Crippen LogP contribution in [0.5, 0.6) is 11.5 Å². The number of hydrogen-bond acceptors (Lipinski definition) is 4. The standard InChI is InChI=1S/C24H21N3O3/c28-23(11-6-16-27-17-25-22-10-5-4-9-21(22)24(27)29)26-18-12-14-20(15-13-18)30-19-7-2-1-3-8-19/h1-5,7-10,12-15,17H,6,11,16H2,(H,26,28). The fraction of sp³-hybridized carbons (Fsp3) is 0.125. The Kier molecular flexibility index (Phi) is 5.85. The lowest BCUT2D eigenvalue weighted by Crippen LogP contribution is -2.21. The van der Waals surface area contributed by atoms with Gasteiger partial charge in [0.1, 0.15) is 11.5 Å². The van der Waals surface area contributed by atoms with Gasteiger partial charge in [0.2, 0.25) is 5.91 Å². The molecule has 0 radical (unpaired) electrons. The SMILES string of the molecule is O=C(CCCn1cnc2ccccc2c1=O)Nc1ccc(Oc2ccccc2)cc1. The van der Waals surface area contributed by atoms with Gasteiger partial charge in [-0.15, -0.1) is 0 Å². The molecule has 0 aliphatic carbocycles. The number of amides is 1. The van der Waals surface area contributed by atoms with E-state index in [-0.39, 0.29) is 11.5 Å². The third kappa shape index (κ3) is 4.72. The van der Waals surface area contributed by atoms with Crippen molar-refractivity contribution in [2.75, 3.05) is 5.32 Å². The molecule has 0 fully saturated rings. The Balaban J connectivity index is 1.29. The van der Waals surface area contributed by atoms with E-state index in [0.717, 1.165) is 5.75 Å². The summed E-state index contributed by atoms with van der Waals surface area (Å²) >= 11 is 0. The van der Waals surface area contributed by atoms with Crippen molar-refractivity contribution in [2.24, 2.45) is 0 Å². The summed E-state index contributed by atoms with van der Waals surface area (Å²) in [4.78, 5) is 29.0. The van der Waals surface area contributed by atoms with E-state index in [1.807, 2.05) is 60.7 Å². The number of aromatic nitrogens is 2. The normalized spacial score (nSPS) is 10.7. The summed E-state index contributed by atoms with van der Waals surface area (Å²) in [5, 5.41) is 3.45. The minimum atomic E-state index is -0.103. The summed E-state index contributed by atoms with van der Waals surface area (Å²) in [6.45, 7) is 0.438. The molecule has 6 nitrogen and oxygen atoms in total. The molecule has 0 bridgehead atoms. The maximum atomic E-state index is 12.5. The average molecular weight is 399 g/mol. The minimum absolute atomic E-state index is 0.0880. The van der Waals surface area contributed by atoms with E-state index in [0.29, 0.717) is 41.7 Å². The Morgan fingerprint density at radius 1 is 0.900 bits per heavy atom. The topological polar surface area (TPSA) is 73.2 Å². The van der Waals surface area contributed by atoms with Crippen LogP contribution >= 0.6 is 0 Å². The lowest BCUT2D eigenvalue weighted by Gasteiger charge is -2.09. The number of hydrogen-bond donors (Lipinski definition) is 1. The maximum Gasteiger partial charge on any atom is 0.261 e. The molecule has 1 aromatic heterocycles. The zero-order chi connectivity index (χ0) is 20.8. The van der Waals surface area contributed by atoms with Crippen LogP contribution in [-0.2, 0) is 11.3 Å². The van der Waals surface area contributed by atoms with Crippen molar-refractivity contribution in [3.63, 3.8) is 0 Å². The van der Waals surface area contributed by atoms with E-state index in [1.165, 1.54) is 6.33 Å². The smallest absolute Gasteiger partial charge is 0.261 e. The minimum Gasteiger partial charge on any atom is -0.457 e. The number of nitrogens with one attached hydrogen (secondary N) is 1. The number of carbonyl (C=O) groups is 1. The number of carbonyl (C=O) groups excluding carboxylic acids is 1. The third-order valence-electron chi connectivity index (χ3n) is 4.65. The van der Waals surface area contributed by atoms with Crippen LogP contribution in [0.2, 0.25) is 0 Å². The molecule has 150 valence electrons. The molecule has 0 unspecified atom stereocenters. The number of ether oxygens (including phenoxy) is 1. The molecule has 1 amide bonds. The van der Waals surface area contributed by atoms with E-state index in [1.54, 1.807) is 22.8 Å². The van der Waals surface area contributed by atoms with Crippen LogP contribution in [0.3, 0.4) is 0 Å². The molecule has 0 saturated heterocycles. The highest BCUT2D eigenvalue weighted by Crippen LogP contribution is 2.22. The number of fused-ring (bicyclic) bond motifs is 1. The first-order chi connectivity index (χ1) is 14.7. The van der Waals surface area contributed by atoms with Gasteiger partial charge in [0.15, 0.2) is 0 Å². The summed E-state index contributed by atoms with van der Waals surface area (Å²) in [7, 11) is 0. The van der Waals surface area contributed by atoms with E-state index in [9.17, 15) is 9.59 Å². The average Bonchev–Trinajstić information content (AvgIpc) is 2.78. The van der Waals surface area contributed by atoms with E-state index in [2.05, 4.69) is 10.3 Å². The summed E-state index contributed by atoms with van der Waals surface area (Å²) in [6.07, 6.45) is 2.39. The molecule has 0 aliphatic rings. The van der Waals surface area contributed by atoms with Gasteiger partial charge >= 0.3 is 0 Å². The highest BCUT2D eigenvalue weighted by molar-refractivity contribution is 5.90. The number of aryl methyl sites for hydroxylation is 1. The Morgan fingerprint density at radius 2 is 1.60 bits per heavy atom. The molecule has 1 heterocycles. The fourth-order valence-electron chi connectivity index (χ4n) is 3.13. The molecule has 0 atom stereocenters. The second kappa shape index (κ2) is 9.05. The van der Waals surface area contributed by atoms with Gasteiger partial charge in [-0.05, 0) is 55.0 Å². The Morgan fingerprint density at radius 3 is 2.40 bits per heavy atom. The molecule has 3 aromatic carbocycles. The van der Waals surface area contributed by atoms with Crippen LogP contribution in [0.1, 0.15) is 12.8 Å². The fourth-order valence-corrected chi connectivity index (χ4v) is 3.13. The summed E-state index contributed by atoms with van der Waals surface area (Å²) in [5.41, 5.74) is 1.29. The van der Waals surface area contributed by atoms with Crippen molar-refractivity contribution in [3.8, 4) is 11.5 Å². The van der Waals surface area contributed by atoms with Crippen molar-refractivity contribution >= 4 is 22.5 Å². The molecule has 4 rings (SSSR count). The van der Waals surface area contributed by atoms with Gasteiger partial charge < -0.3 is 10.1 Å². The Bertz CT molecular complexity index is 1200. The number of benzene rings is 3. The van der Waals surface area contributed by atoms with Gasteiger partial charge in [-0.1, -0.05) is 30.3 Å². The molecule has 30 heavy (non-hydrogen) atoms. The predicted octanol–water partition coefficient (Wildman–Crippen LogP) is 4.61. The van der Waals surface area contributed by atoms with Crippen molar-refractivity contribution in [1.29, 1.82) is 0 Å². The van der Waals surface area contributed by atoms with E-state index >= 15 is 0 Å². The van der Waals surface area contributed by atoms with Crippen LogP contribution in [0.25, 0.3) is 10.9 Å². The predicted molar refractivity (Wildman–Crippen MR) is 117 cm³/mol. The third-order valence-corrected chi connectivity index (χ3v) is 4.65.